The molecule has 0 aliphatic rings. The van der Waals surface area contributed by atoms with E-state index in [1.807, 2.05) is 27.7 Å². The Bertz CT molecular complexity index is 2060. The minimum atomic E-state index is -1.42. The summed E-state index contributed by atoms with van der Waals surface area (Å²) in [5, 5.41) is 53.0. The van der Waals surface area contributed by atoms with E-state index in [-0.39, 0.29) is 76.1 Å². The largest absolute Gasteiger partial charge is 0.494 e. The predicted molar refractivity (Wildman–Crippen MR) is 258 cm³/mol. The first-order chi connectivity index (χ1) is 33.1. The molecule has 0 aliphatic heterocycles. The maximum atomic E-state index is 13.3. The summed E-state index contributed by atoms with van der Waals surface area (Å²) in [6.07, 6.45) is 1.43. The fourth-order valence-corrected chi connectivity index (χ4v) is 8.21. The summed E-state index contributed by atoms with van der Waals surface area (Å²) in [6.45, 7) is 6.83. The average Bonchev–Trinajstić information content (AvgIpc) is 3.31. The van der Waals surface area contributed by atoms with Crippen molar-refractivity contribution in [2.24, 2.45) is 0 Å². The molecule has 5 N–H and O–H groups in total. The van der Waals surface area contributed by atoms with Gasteiger partial charge in [-0.1, -0.05) is 62.4 Å². The smallest absolute Gasteiger partial charge is 0.321 e. The molecule has 4 atom stereocenters. The molecule has 0 aliphatic carbocycles. The third-order valence-corrected chi connectivity index (χ3v) is 11.3. The van der Waals surface area contributed by atoms with Gasteiger partial charge in [-0.2, -0.15) is 0 Å². The number of ether oxygens (including phenoxy) is 4. The molecular weight excluding hydrogens is 1060 g/mol. The Morgan fingerprint density at radius 1 is 0.429 bits per heavy atom. The van der Waals surface area contributed by atoms with Crippen LogP contribution in [0, 0.1) is 37.3 Å². The summed E-state index contributed by atoms with van der Waals surface area (Å²) in [6, 6.07) is 23.0. The van der Waals surface area contributed by atoms with Gasteiger partial charge in [0.05, 0.1) is 46.1 Å². The van der Waals surface area contributed by atoms with Crippen LogP contribution in [0.2, 0.25) is 0 Å². The monoisotopic (exact) mass is 1120 g/mol. The average molecular weight is 1130 g/mol. The summed E-state index contributed by atoms with van der Waals surface area (Å²) in [7, 11) is 0. The molecule has 0 aromatic heterocycles. The van der Waals surface area contributed by atoms with Gasteiger partial charge in [-0.05, 0) is 123 Å². The minimum Gasteiger partial charge on any atom is -0.494 e. The number of rotatable bonds is 34. The first-order valence-electron chi connectivity index (χ1n) is 23.3. The quantitative estimate of drug-likeness (QED) is 0.0354. The van der Waals surface area contributed by atoms with Crippen LogP contribution in [-0.4, -0.2) is 153 Å². The Morgan fingerprint density at radius 3 is 0.971 bits per heavy atom. The first kappa shape index (κ1) is 58.9. The van der Waals surface area contributed by atoms with Crippen molar-refractivity contribution in [3.63, 3.8) is 0 Å². The van der Waals surface area contributed by atoms with Crippen LogP contribution in [0.4, 0.5) is 0 Å². The number of nitrogens with zero attached hydrogens (tertiary/aromatic N) is 3. The predicted octanol–water partition coefficient (Wildman–Crippen LogP) is 6.14. The van der Waals surface area contributed by atoms with E-state index in [1.54, 1.807) is 97.1 Å². The van der Waals surface area contributed by atoms with Gasteiger partial charge in [-0.3, -0.25) is 38.7 Å². The van der Waals surface area contributed by atoms with Crippen LogP contribution in [0.1, 0.15) is 62.8 Å². The Hall–Kier alpha value is -5.44. The standard InChI is InChI=1S/C52H67N3O14.Er/c1-5-25-68-44-21-9-36(10-22-44)27-40(54(34-49(58)59)46(51(62)63)29-38-13-17-42(18-14-38)66-7-3)31-53(33-48(56)57)32-41(28-37-11-23-45(24-12-37)69-26-6-2)55(35-50(60)61)47(52(64)65)30-39-15-19-43(20-16-39)67-8-4;/h9-24,40-41,46-47H,5-8,25-35H2,1-4H3,(H,56,57)(H,58,59)(H,60,61)(H,62,63)(H,64,65);. The second-order valence-corrected chi connectivity index (χ2v) is 16.7. The number of carbonyl (C=O) groups is 5. The Kier molecular flexibility index (Phi) is 26.1. The fourth-order valence-electron chi connectivity index (χ4n) is 8.21. The third kappa shape index (κ3) is 20.1. The summed E-state index contributed by atoms with van der Waals surface area (Å²) in [5.74, 6) is -4.20. The molecule has 4 unspecified atom stereocenters. The summed E-state index contributed by atoms with van der Waals surface area (Å²) >= 11 is 0. The molecule has 0 saturated carbocycles. The number of hydrogen-bond acceptors (Lipinski definition) is 12. The van der Waals surface area contributed by atoms with Crippen molar-refractivity contribution < 1.29 is 106 Å². The molecule has 17 nitrogen and oxygen atoms in total. The molecule has 0 amide bonds. The molecule has 0 spiro atoms. The topological polar surface area (TPSA) is 233 Å². The second kappa shape index (κ2) is 31.0. The molecular formula is C52H67ErN3O14. The number of carboxylic acids is 5. The van der Waals surface area contributed by atoms with Gasteiger partial charge in [0.15, 0.2) is 0 Å². The summed E-state index contributed by atoms with van der Waals surface area (Å²) in [4.78, 5) is 69.3. The number of benzene rings is 4. The van der Waals surface area contributed by atoms with Gasteiger partial charge in [0.1, 0.15) is 35.1 Å². The van der Waals surface area contributed by atoms with E-state index in [1.165, 1.54) is 14.7 Å². The van der Waals surface area contributed by atoms with Crippen LogP contribution in [0.5, 0.6) is 23.0 Å². The van der Waals surface area contributed by atoms with Crippen molar-refractivity contribution in [1.29, 1.82) is 0 Å². The maximum Gasteiger partial charge on any atom is 0.321 e. The zero-order valence-electron chi connectivity index (χ0n) is 40.2. The van der Waals surface area contributed by atoms with Crippen LogP contribution in [-0.2, 0) is 49.7 Å². The molecule has 4 rings (SSSR count). The maximum absolute atomic E-state index is 13.3. The van der Waals surface area contributed by atoms with E-state index in [9.17, 15) is 49.5 Å². The summed E-state index contributed by atoms with van der Waals surface area (Å²) < 4.78 is 22.7. The molecule has 0 bridgehead atoms. The zero-order valence-corrected chi connectivity index (χ0v) is 42.0. The molecule has 0 heterocycles. The van der Waals surface area contributed by atoms with Crippen molar-refractivity contribution in [3.8, 4) is 23.0 Å². The molecule has 0 saturated heterocycles. The fraction of sp³-hybridized carbons (Fsp3) is 0.442. The van der Waals surface area contributed by atoms with Crippen molar-refractivity contribution >= 4 is 29.8 Å². The normalized spacial score (nSPS) is 12.9. The number of hydrogen-bond donors (Lipinski definition) is 5. The number of carboxylic acid groups (broad SMARTS) is 5. The van der Waals surface area contributed by atoms with Crippen LogP contribution >= 0.6 is 0 Å². The molecule has 4 aromatic rings. The van der Waals surface area contributed by atoms with Crippen molar-refractivity contribution in [2.45, 2.75) is 90.4 Å². The van der Waals surface area contributed by atoms with Crippen molar-refractivity contribution in [1.82, 2.24) is 14.7 Å². The van der Waals surface area contributed by atoms with E-state index >= 15 is 0 Å². The zero-order chi connectivity index (χ0) is 50.3. The van der Waals surface area contributed by atoms with Crippen LogP contribution in [0.15, 0.2) is 97.1 Å². The molecule has 386 valence electrons. The Balaban J connectivity index is 0.0000130. The van der Waals surface area contributed by atoms with E-state index < -0.39 is 73.6 Å². The van der Waals surface area contributed by atoms with Gasteiger partial charge >= 0.3 is 29.8 Å². The first-order valence-corrected chi connectivity index (χ1v) is 23.3. The Morgan fingerprint density at radius 2 is 0.714 bits per heavy atom. The molecule has 18 heteroatoms. The van der Waals surface area contributed by atoms with Gasteiger partial charge in [0.2, 0.25) is 0 Å². The van der Waals surface area contributed by atoms with Crippen LogP contribution < -0.4 is 18.9 Å². The summed E-state index contributed by atoms with van der Waals surface area (Å²) in [5.41, 5.74) is 2.52. The van der Waals surface area contributed by atoms with Gasteiger partial charge in [-0.25, -0.2) is 0 Å². The van der Waals surface area contributed by atoms with Crippen molar-refractivity contribution in [3.05, 3.63) is 119 Å². The van der Waals surface area contributed by atoms with Gasteiger partial charge < -0.3 is 44.5 Å². The van der Waals surface area contributed by atoms with Crippen molar-refractivity contribution in [2.75, 3.05) is 59.2 Å². The van der Waals surface area contributed by atoms with E-state index in [0.29, 0.717) is 71.7 Å². The molecule has 0 fully saturated rings. The second-order valence-electron chi connectivity index (χ2n) is 16.7. The molecule has 4 aromatic carbocycles. The van der Waals surface area contributed by atoms with E-state index in [4.69, 9.17) is 18.9 Å². The minimum absolute atomic E-state index is 0. The van der Waals surface area contributed by atoms with Crippen LogP contribution in [0.3, 0.4) is 0 Å². The van der Waals surface area contributed by atoms with E-state index in [2.05, 4.69) is 0 Å². The third-order valence-electron chi connectivity index (χ3n) is 11.3. The Labute approximate surface area is 439 Å². The molecule has 70 heavy (non-hydrogen) atoms. The van der Waals surface area contributed by atoms with Gasteiger partial charge in [0, 0.05) is 62.5 Å². The van der Waals surface area contributed by atoms with Gasteiger partial charge in [0.25, 0.3) is 0 Å². The molecule has 0 radical (unpaired) electrons. The SMILES string of the molecule is CCCOc1ccc(CC(CN(CC(=O)O)CC(Cc2ccc(OCCC)cc2)N(CC(=O)O)C(Cc2ccc(OCC)cc2)C(=O)O)N(CC(=O)O)C(Cc2ccc(OCC)cc2)C(=O)O)cc1.[Er]. The van der Waals surface area contributed by atoms with Gasteiger partial charge in [-0.15, -0.1) is 0 Å². The number of aliphatic carboxylic acids is 5. The van der Waals surface area contributed by atoms with E-state index in [0.717, 1.165) is 12.8 Å². The van der Waals surface area contributed by atoms with Crippen LogP contribution in [0.25, 0.3) is 0 Å².